The number of benzene rings is 2. The Balaban J connectivity index is 2.22. The Morgan fingerprint density at radius 3 is 2.58 bits per heavy atom. The number of halogens is 2. The molecule has 0 heterocycles. The minimum absolute atomic E-state index is 0.525. The topological polar surface area (TPSA) is 21.3 Å². The molecule has 0 atom stereocenters. The van der Waals surface area contributed by atoms with E-state index in [2.05, 4.69) is 18.3 Å². The zero-order chi connectivity index (χ0) is 13.8. The van der Waals surface area contributed by atoms with Crippen molar-refractivity contribution in [2.24, 2.45) is 0 Å². The van der Waals surface area contributed by atoms with Gasteiger partial charge in [0.25, 0.3) is 0 Å². The van der Waals surface area contributed by atoms with E-state index in [1.165, 1.54) is 5.56 Å². The molecule has 2 rings (SSSR count). The monoisotopic (exact) mass is 295 g/mol. The Bertz CT molecular complexity index is 584. The second-order valence-corrected chi connectivity index (χ2v) is 5.09. The number of aryl methyl sites for hydroxylation is 1. The lowest BCUT2D eigenvalue weighted by atomic mass is 10.1. The van der Waals surface area contributed by atoms with E-state index in [0.29, 0.717) is 22.3 Å². The molecular formula is C15H15Cl2NO. The van der Waals surface area contributed by atoms with Crippen LogP contribution in [0.2, 0.25) is 10.0 Å². The number of rotatable bonds is 4. The number of methoxy groups -OCH3 is 1. The standard InChI is InChI=1S/C15H15Cl2NO/c1-10-5-3-4-6-14(10)18-9-11-7-12(16)8-13(17)15(11)19-2/h3-8,18H,9H2,1-2H3. The smallest absolute Gasteiger partial charge is 0.142 e. The summed E-state index contributed by atoms with van der Waals surface area (Å²) in [5, 5.41) is 4.49. The summed E-state index contributed by atoms with van der Waals surface area (Å²) in [5.74, 6) is 0.659. The average molecular weight is 296 g/mol. The van der Waals surface area contributed by atoms with Gasteiger partial charge in [-0.25, -0.2) is 0 Å². The molecule has 0 saturated carbocycles. The van der Waals surface area contributed by atoms with E-state index in [0.717, 1.165) is 11.3 Å². The van der Waals surface area contributed by atoms with Crippen LogP contribution in [-0.2, 0) is 6.54 Å². The number of hydrogen-bond acceptors (Lipinski definition) is 2. The zero-order valence-electron chi connectivity index (χ0n) is 10.8. The van der Waals surface area contributed by atoms with Gasteiger partial charge in [-0.2, -0.15) is 0 Å². The van der Waals surface area contributed by atoms with Crippen LogP contribution < -0.4 is 10.1 Å². The largest absolute Gasteiger partial charge is 0.495 e. The van der Waals surface area contributed by atoms with Crippen molar-refractivity contribution >= 4 is 28.9 Å². The van der Waals surface area contributed by atoms with E-state index < -0.39 is 0 Å². The van der Waals surface area contributed by atoms with E-state index >= 15 is 0 Å². The van der Waals surface area contributed by atoms with E-state index in [-0.39, 0.29) is 0 Å². The van der Waals surface area contributed by atoms with Crippen molar-refractivity contribution < 1.29 is 4.74 Å². The number of anilines is 1. The van der Waals surface area contributed by atoms with Gasteiger partial charge in [0.15, 0.2) is 0 Å². The maximum Gasteiger partial charge on any atom is 0.142 e. The first kappa shape index (κ1) is 14.0. The third-order valence-electron chi connectivity index (χ3n) is 2.90. The molecule has 0 fully saturated rings. The van der Waals surface area contributed by atoms with Gasteiger partial charge in [-0.1, -0.05) is 41.4 Å². The van der Waals surface area contributed by atoms with Crippen molar-refractivity contribution in [2.45, 2.75) is 13.5 Å². The summed E-state index contributed by atoms with van der Waals surface area (Å²) in [5.41, 5.74) is 3.21. The summed E-state index contributed by atoms with van der Waals surface area (Å²) in [6.07, 6.45) is 0. The van der Waals surface area contributed by atoms with Gasteiger partial charge in [-0.15, -0.1) is 0 Å². The lowest BCUT2D eigenvalue weighted by Crippen LogP contribution is -2.03. The number of ether oxygens (including phenoxy) is 1. The fourth-order valence-electron chi connectivity index (χ4n) is 1.94. The molecule has 0 saturated heterocycles. The minimum atomic E-state index is 0.525. The molecule has 19 heavy (non-hydrogen) atoms. The van der Waals surface area contributed by atoms with E-state index in [4.69, 9.17) is 27.9 Å². The SMILES string of the molecule is COc1c(Cl)cc(Cl)cc1CNc1ccccc1C. The van der Waals surface area contributed by atoms with E-state index in [1.54, 1.807) is 13.2 Å². The summed E-state index contributed by atoms with van der Waals surface area (Å²) in [4.78, 5) is 0. The summed E-state index contributed by atoms with van der Waals surface area (Å²) in [6.45, 7) is 2.67. The molecule has 0 aliphatic carbocycles. The summed E-state index contributed by atoms with van der Waals surface area (Å²) >= 11 is 12.1. The first-order valence-electron chi connectivity index (χ1n) is 5.93. The maximum absolute atomic E-state index is 6.11. The van der Waals surface area contributed by atoms with Gasteiger partial charge in [0, 0.05) is 22.8 Å². The second-order valence-electron chi connectivity index (χ2n) is 4.25. The molecule has 0 bridgehead atoms. The number of nitrogens with one attached hydrogen (secondary N) is 1. The van der Waals surface area contributed by atoms with Crippen LogP contribution in [0.3, 0.4) is 0 Å². The Morgan fingerprint density at radius 2 is 1.89 bits per heavy atom. The first-order valence-corrected chi connectivity index (χ1v) is 6.69. The summed E-state index contributed by atoms with van der Waals surface area (Å²) < 4.78 is 5.32. The normalized spacial score (nSPS) is 10.3. The van der Waals surface area contributed by atoms with Crippen LogP contribution in [0.25, 0.3) is 0 Å². The van der Waals surface area contributed by atoms with E-state index in [1.807, 2.05) is 24.3 Å². The lowest BCUT2D eigenvalue weighted by Gasteiger charge is -2.13. The Hall–Kier alpha value is -1.38. The molecule has 2 aromatic carbocycles. The number of para-hydroxylation sites is 1. The van der Waals surface area contributed by atoms with Crippen molar-refractivity contribution in [3.63, 3.8) is 0 Å². The van der Waals surface area contributed by atoms with Crippen molar-refractivity contribution in [2.75, 3.05) is 12.4 Å². The van der Waals surface area contributed by atoms with Crippen molar-refractivity contribution in [3.8, 4) is 5.75 Å². The maximum atomic E-state index is 6.11. The Labute approximate surface area is 123 Å². The van der Waals surface area contributed by atoms with Gasteiger partial charge < -0.3 is 10.1 Å². The fourth-order valence-corrected chi connectivity index (χ4v) is 2.55. The fraction of sp³-hybridized carbons (Fsp3) is 0.200. The van der Waals surface area contributed by atoms with Gasteiger partial charge in [0.1, 0.15) is 5.75 Å². The molecule has 0 aliphatic heterocycles. The molecule has 0 aromatic heterocycles. The molecular weight excluding hydrogens is 281 g/mol. The zero-order valence-corrected chi connectivity index (χ0v) is 12.3. The van der Waals surface area contributed by atoms with Gasteiger partial charge >= 0.3 is 0 Å². The van der Waals surface area contributed by atoms with Gasteiger partial charge in [0.05, 0.1) is 12.1 Å². The molecule has 2 nitrogen and oxygen atoms in total. The molecule has 0 amide bonds. The molecule has 0 aliphatic rings. The molecule has 0 radical (unpaired) electrons. The summed E-state index contributed by atoms with van der Waals surface area (Å²) in [7, 11) is 1.60. The molecule has 0 unspecified atom stereocenters. The third kappa shape index (κ3) is 3.34. The van der Waals surface area contributed by atoms with Gasteiger partial charge in [0.2, 0.25) is 0 Å². The average Bonchev–Trinajstić information content (AvgIpc) is 2.37. The minimum Gasteiger partial charge on any atom is -0.495 e. The van der Waals surface area contributed by atoms with Crippen LogP contribution in [0, 0.1) is 6.92 Å². The van der Waals surface area contributed by atoms with Crippen molar-refractivity contribution in [3.05, 3.63) is 57.6 Å². The molecule has 1 N–H and O–H groups in total. The van der Waals surface area contributed by atoms with Crippen LogP contribution in [-0.4, -0.2) is 7.11 Å². The first-order chi connectivity index (χ1) is 9.11. The highest BCUT2D eigenvalue weighted by Crippen LogP contribution is 2.32. The van der Waals surface area contributed by atoms with Crippen LogP contribution in [0.5, 0.6) is 5.75 Å². The van der Waals surface area contributed by atoms with Crippen LogP contribution in [0.1, 0.15) is 11.1 Å². The molecule has 2 aromatic rings. The highest BCUT2D eigenvalue weighted by molar-refractivity contribution is 6.35. The molecule has 100 valence electrons. The lowest BCUT2D eigenvalue weighted by molar-refractivity contribution is 0.410. The number of hydrogen-bond donors (Lipinski definition) is 1. The highest BCUT2D eigenvalue weighted by Gasteiger charge is 2.09. The van der Waals surface area contributed by atoms with Gasteiger partial charge in [-0.3, -0.25) is 0 Å². The molecule has 4 heteroatoms. The highest BCUT2D eigenvalue weighted by atomic mass is 35.5. The second kappa shape index (κ2) is 6.18. The predicted octanol–water partition coefficient (Wildman–Crippen LogP) is 4.92. The third-order valence-corrected chi connectivity index (χ3v) is 3.40. The van der Waals surface area contributed by atoms with Crippen LogP contribution >= 0.6 is 23.2 Å². The van der Waals surface area contributed by atoms with Crippen LogP contribution in [0.15, 0.2) is 36.4 Å². The predicted molar refractivity (Wildman–Crippen MR) is 81.5 cm³/mol. The quantitative estimate of drug-likeness (QED) is 0.864. The summed E-state index contributed by atoms with van der Waals surface area (Å²) in [6, 6.07) is 11.6. The van der Waals surface area contributed by atoms with Crippen molar-refractivity contribution in [1.29, 1.82) is 0 Å². The van der Waals surface area contributed by atoms with E-state index in [9.17, 15) is 0 Å². The van der Waals surface area contributed by atoms with Gasteiger partial charge in [-0.05, 0) is 30.7 Å². The Morgan fingerprint density at radius 1 is 1.16 bits per heavy atom. The Kier molecular flexibility index (Phi) is 4.56. The van der Waals surface area contributed by atoms with Crippen molar-refractivity contribution in [1.82, 2.24) is 0 Å². The molecule has 0 spiro atoms. The van der Waals surface area contributed by atoms with Crippen LogP contribution in [0.4, 0.5) is 5.69 Å².